The van der Waals surface area contributed by atoms with Crippen molar-refractivity contribution >= 4 is 17.6 Å². The maximum absolute atomic E-state index is 12.2. The van der Waals surface area contributed by atoms with Crippen LogP contribution in [0.5, 0.6) is 0 Å². The Kier molecular flexibility index (Phi) is 5.31. The number of anilines is 1. The first-order valence-electron chi connectivity index (χ1n) is 7.25. The Labute approximate surface area is 130 Å². The molecule has 1 N–H and O–H groups in total. The summed E-state index contributed by atoms with van der Waals surface area (Å²) in [6.07, 6.45) is 0.780. The minimum absolute atomic E-state index is 0.209. The van der Waals surface area contributed by atoms with Crippen molar-refractivity contribution in [3.63, 3.8) is 0 Å². The van der Waals surface area contributed by atoms with E-state index in [-0.39, 0.29) is 11.9 Å². The molecule has 0 atom stereocenters. The highest BCUT2D eigenvalue weighted by Crippen LogP contribution is 2.12. The molecule has 0 radical (unpaired) electrons. The molecule has 114 valence electrons. The van der Waals surface area contributed by atoms with Crippen LogP contribution in [0.15, 0.2) is 48.5 Å². The minimum atomic E-state index is -0.368. The number of amides is 1. The summed E-state index contributed by atoms with van der Waals surface area (Å²) in [5.41, 5.74) is 2.76. The zero-order valence-corrected chi connectivity index (χ0v) is 12.8. The van der Waals surface area contributed by atoms with E-state index in [4.69, 9.17) is 4.74 Å². The Morgan fingerprint density at radius 3 is 2.36 bits per heavy atom. The van der Waals surface area contributed by atoms with Crippen LogP contribution in [0.2, 0.25) is 0 Å². The largest absolute Gasteiger partial charge is 0.462 e. The summed E-state index contributed by atoms with van der Waals surface area (Å²) in [5.74, 6) is -0.577. The minimum Gasteiger partial charge on any atom is -0.462 e. The summed E-state index contributed by atoms with van der Waals surface area (Å²) in [6.45, 7) is 4.30. The number of esters is 1. The number of benzene rings is 2. The van der Waals surface area contributed by atoms with Gasteiger partial charge in [0, 0.05) is 11.3 Å². The van der Waals surface area contributed by atoms with Gasteiger partial charge in [-0.25, -0.2) is 4.79 Å². The highest BCUT2D eigenvalue weighted by atomic mass is 16.5. The van der Waals surface area contributed by atoms with Gasteiger partial charge in [-0.15, -0.1) is 0 Å². The topological polar surface area (TPSA) is 55.4 Å². The van der Waals surface area contributed by atoms with Gasteiger partial charge in [0.15, 0.2) is 0 Å². The molecule has 0 bridgehead atoms. The highest BCUT2D eigenvalue weighted by molar-refractivity contribution is 6.04. The number of aryl methyl sites for hydroxylation is 1. The van der Waals surface area contributed by atoms with E-state index in [1.165, 1.54) is 0 Å². The molecule has 0 aliphatic heterocycles. The van der Waals surface area contributed by atoms with Crippen LogP contribution in [0, 0.1) is 6.92 Å². The van der Waals surface area contributed by atoms with Crippen molar-refractivity contribution < 1.29 is 14.3 Å². The fraction of sp³-hybridized carbons (Fsp3) is 0.222. The average molecular weight is 297 g/mol. The molecule has 2 rings (SSSR count). The molecule has 0 fully saturated rings. The SMILES string of the molecule is CCCOC(=O)c1ccc(C(=O)Nc2cccc(C)c2)cc1. The molecule has 1 amide bonds. The van der Waals surface area contributed by atoms with Gasteiger partial charge in [0.1, 0.15) is 0 Å². The number of carbonyl (C=O) groups is 2. The van der Waals surface area contributed by atoms with E-state index in [1.807, 2.05) is 38.1 Å². The van der Waals surface area contributed by atoms with E-state index in [0.717, 1.165) is 17.7 Å². The standard InChI is InChI=1S/C18H19NO3/c1-3-11-22-18(21)15-9-7-14(8-10-15)17(20)19-16-6-4-5-13(2)12-16/h4-10,12H,3,11H2,1-2H3,(H,19,20). The van der Waals surface area contributed by atoms with Gasteiger partial charge < -0.3 is 10.1 Å². The van der Waals surface area contributed by atoms with Crippen LogP contribution in [0.4, 0.5) is 5.69 Å². The second-order valence-corrected chi connectivity index (χ2v) is 5.04. The van der Waals surface area contributed by atoms with Gasteiger partial charge in [0.25, 0.3) is 5.91 Å². The predicted molar refractivity (Wildman–Crippen MR) is 86.1 cm³/mol. The first-order valence-corrected chi connectivity index (χ1v) is 7.25. The summed E-state index contributed by atoms with van der Waals surface area (Å²) in [4.78, 5) is 23.8. The molecule has 0 saturated carbocycles. The van der Waals surface area contributed by atoms with Gasteiger partial charge in [-0.05, 0) is 55.3 Å². The zero-order valence-electron chi connectivity index (χ0n) is 12.8. The molecule has 0 spiro atoms. The summed E-state index contributed by atoms with van der Waals surface area (Å²) < 4.78 is 5.05. The first-order chi connectivity index (χ1) is 10.6. The fourth-order valence-corrected chi connectivity index (χ4v) is 1.96. The summed E-state index contributed by atoms with van der Waals surface area (Å²) in [5, 5.41) is 2.83. The fourth-order valence-electron chi connectivity index (χ4n) is 1.96. The van der Waals surface area contributed by atoms with Crippen LogP contribution in [0.1, 0.15) is 39.6 Å². The third-order valence-corrected chi connectivity index (χ3v) is 3.10. The molecule has 2 aromatic rings. The Morgan fingerprint density at radius 2 is 1.73 bits per heavy atom. The molecule has 0 aliphatic rings. The van der Waals surface area contributed by atoms with E-state index in [9.17, 15) is 9.59 Å². The molecule has 4 nitrogen and oxygen atoms in total. The van der Waals surface area contributed by atoms with Crippen LogP contribution in [-0.2, 0) is 4.74 Å². The van der Waals surface area contributed by atoms with Gasteiger partial charge in [-0.3, -0.25) is 4.79 Å². The average Bonchev–Trinajstić information content (AvgIpc) is 2.52. The molecule has 0 heterocycles. The molecular formula is C18H19NO3. The lowest BCUT2D eigenvalue weighted by molar-refractivity contribution is 0.0505. The summed E-state index contributed by atoms with van der Waals surface area (Å²) in [7, 11) is 0. The second kappa shape index (κ2) is 7.41. The van der Waals surface area contributed by atoms with Gasteiger partial charge in [-0.1, -0.05) is 19.1 Å². The van der Waals surface area contributed by atoms with Crippen molar-refractivity contribution in [1.29, 1.82) is 0 Å². The van der Waals surface area contributed by atoms with Crippen LogP contribution >= 0.6 is 0 Å². The maximum atomic E-state index is 12.2. The van der Waals surface area contributed by atoms with E-state index in [0.29, 0.717) is 17.7 Å². The van der Waals surface area contributed by atoms with Crippen LogP contribution in [-0.4, -0.2) is 18.5 Å². The van der Waals surface area contributed by atoms with Crippen molar-refractivity contribution in [1.82, 2.24) is 0 Å². The molecule has 0 aliphatic carbocycles. The molecule has 4 heteroatoms. The molecule has 0 aromatic heterocycles. The number of rotatable bonds is 5. The van der Waals surface area contributed by atoms with Gasteiger partial charge in [0.2, 0.25) is 0 Å². The maximum Gasteiger partial charge on any atom is 0.338 e. The highest BCUT2D eigenvalue weighted by Gasteiger charge is 2.10. The normalized spacial score (nSPS) is 10.1. The number of hydrogen-bond donors (Lipinski definition) is 1. The number of ether oxygens (including phenoxy) is 1. The Morgan fingerprint density at radius 1 is 1.05 bits per heavy atom. The lowest BCUT2D eigenvalue weighted by atomic mass is 10.1. The smallest absolute Gasteiger partial charge is 0.338 e. The van der Waals surface area contributed by atoms with Crippen molar-refractivity contribution in [3.8, 4) is 0 Å². The van der Waals surface area contributed by atoms with E-state index < -0.39 is 0 Å². The van der Waals surface area contributed by atoms with Crippen molar-refractivity contribution in [2.45, 2.75) is 20.3 Å². The van der Waals surface area contributed by atoms with Crippen molar-refractivity contribution in [2.75, 3.05) is 11.9 Å². The second-order valence-electron chi connectivity index (χ2n) is 5.04. The quantitative estimate of drug-likeness (QED) is 0.854. The molecule has 0 unspecified atom stereocenters. The van der Waals surface area contributed by atoms with Gasteiger partial charge >= 0.3 is 5.97 Å². The van der Waals surface area contributed by atoms with Gasteiger partial charge in [0.05, 0.1) is 12.2 Å². The van der Waals surface area contributed by atoms with Crippen molar-refractivity contribution in [3.05, 3.63) is 65.2 Å². The van der Waals surface area contributed by atoms with E-state index in [1.54, 1.807) is 24.3 Å². The number of nitrogens with one attached hydrogen (secondary N) is 1. The Balaban J connectivity index is 2.03. The predicted octanol–water partition coefficient (Wildman–Crippen LogP) is 3.81. The third-order valence-electron chi connectivity index (χ3n) is 3.10. The van der Waals surface area contributed by atoms with E-state index in [2.05, 4.69) is 5.32 Å². The molecular weight excluding hydrogens is 278 g/mol. The first kappa shape index (κ1) is 15.8. The van der Waals surface area contributed by atoms with Crippen LogP contribution < -0.4 is 5.32 Å². The van der Waals surface area contributed by atoms with E-state index >= 15 is 0 Å². The third kappa shape index (κ3) is 4.19. The number of hydrogen-bond acceptors (Lipinski definition) is 3. The summed E-state index contributed by atoms with van der Waals surface area (Å²) in [6, 6.07) is 14.0. The van der Waals surface area contributed by atoms with Crippen molar-refractivity contribution in [2.24, 2.45) is 0 Å². The molecule has 22 heavy (non-hydrogen) atoms. The van der Waals surface area contributed by atoms with Crippen LogP contribution in [0.25, 0.3) is 0 Å². The lowest BCUT2D eigenvalue weighted by Crippen LogP contribution is -2.12. The lowest BCUT2D eigenvalue weighted by Gasteiger charge is -2.07. The molecule has 0 saturated heterocycles. The zero-order chi connectivity index (χ0) is 15.9. The Bertz CT molecular complexity index is 662. The van der Waals surface area contributed by atoms with Gasteiger partial charge in [-0.2, -0.15) is 0 Å². The number of carbonyl (C=O) groups excluding carboxylic acids is 2. The Hall–Kier alpha value is -2.62. The summed E-state index contributed by atoms with van der Waals surface area (Å²) >= 11 is 0. The molecule has 2 aromatic carbocycles. The monoisotopic (exact) mass is 297 g/mol. The van der Waals surface area contributed by atoms with Crippen LogP contribution in [0.3, 0.4) is 0 Å².